The molecule has 0 saturated heterocycles. The van der Waals surface area contributed by atoms with Crippen molar-refractivity contribution in [3.8, 4) is 0 Å². The van der Waals surface area contributed by atoms with Crippen LogP contribution in [0, 0.1) is 13.8 Å². The van der Waals surface area contributed by atoms with E-state index in [1.807, 2.05) is 43.3 Å². The summed E-state index contributed by atoms with van der Waals surface area (Å²) >= 11 is 0. The number of aromatic nitrogens is 3. The Morgan fingerprint density at radius 1 is 0.957 bits per heavy atom. The third-order valence-corrected chi connectivity index (χ3v) is 4.27. The molecule has 0 unspecified atom stereocenters. The molecule has 0 spiro atoms. The van der Waals surface area contributed by atoms with Crippen molar-refractivity contribution in [3.05, 3.63) is 81.8 Å². The molecule has 0 amide bonds. The predicted molar refractivity (Wildman–Crippen MR) is 92.0 cm³/mol. The van der Waals surface area contributed by atoms with Crippen molar-refractivity contribution in [3.63, 3.8) is 0 Å². The van der Waals surface area contributed by atoms with Crippen LogP contribution in [0.2, 0.25) is 0 Å². The molecule has 2 aromatic heterocycles. The maximum atomic E-state index is 12.5. The normalized spacial score (nSPS) is 11.4. The van der Waals surface area contributed by atoms with Gasteiger partial charge in [-0.1, -0.05) is 36.4 Å². The quantitative estimate of drug-likeness (QED) is 0.570. The molecule has 4 nitrogen and oxygen atoms in total. The first-order chi connectivity index (χ1) is 11.1. The summed E-state index contributed by atoms with van der Waals surface area (Å²) in [6.45, 7) is 4.66. The van der Waals surface area contributed by atoms with Crippen LogP contribution in [0.15, 0.2) is 59.4 Å². The van der Waals surface area contributed by atoms with Crippen molar-refractivity contribution in [2.75, 3.05) is 0 Å². The summed E-state index contributed by atoms with van der Waals surface area (Å²) in [5.74, 6) is 0.694. The van der Waals surface area contributed by atoms with Crippen LogP contribution in [-0.4, -0.2) is 14.0 Å². The van der Waals surface area contributed by atoms with Crippen LogP contribution in [0.25, 0.3) is 16.8 Å². The van der Waals surface area contributed by atoms with Crippen LogP contribution in [0.4, 0.5) is 0 Å². The molecule has 0 aliphatic rings. The smallest absolute Gasteiger partial charge is 0.259 e. The lowest BCUT2D eigenvalue weighted by Crippen LogP contribution is -2.15. The Kier molecular flexibility index (Phi) is 3.05. The summed E-state index contributed by atoms with van der Waals surface area (Å²) in [4.78, 5) is 17.1. The first-order valence-electron chi connectivity index (χ1n) is 7.67. The van der Waals surface area contributed by atoms with E-state index in [-0.39, 0.29) is 5.56 Å². The average molecular weight is 303 g/mol. The minimum Gasteiger partial charge on any atom is -0.305 e. The standard InChI is InChI=1S/C19H17N3O/c1-13-7-3-4-8-15(13)12-21-16-9-5-6-10-17(16)22-18(23)11-14(2)20-19(21)22/h3-11H,12H2,1-2H3. The van der Waals surface area contributed by atoms with E-state index in [1.165, 1.54) is 11.1 Å². The molecule has 2 aromatic carbocycles. The first kappa shape index (κ1) is 13.8. The predicted octanol–water partition coefficient (Wildman–Crippen LogP) is 3.31. The minimum absolute atomic E-state index is 0.0350. The molecule has 23 heavy (non-hydrogen) atoms. The van der Waals surface area contributed by atoms with Gasteiger partial charge in [0.2, 0.25) is 5.78 Å². The Morgan fingerprint density at radius 3 is 2.43 bits per heavy atom. The molecule has 4 heteroatoms. The van der Waals surface area contributed by atoms with Gasteiger partial charge >= 0.3 is 0 Å². The Morgan fingerprint density at radius 2 is 1.65 bits per heavy atom. The van der Waals surface area contributed by atoms with Crippen LogP contribution in [0.3, 0.4) is 0 Å². The maximum absolute atomic E-state index is 12.5. The van der Waals surface area contributed by atoms with E-state index in [1.54, 1.807) is 10.5 Å². The molecule has 0 fully saturated rings. The summed E-state index contributed by atoms with van der Waals surface area (Å²) in [5, 5.41) is 0. The maximum Gasteiger partial charge on any atom is 0.259 e. The van der Waals surface area contributed by atoms with Gasteiger partial charge in [-0.3, -0.25) is 4.79 Å². The van der Waals surface area contributed by atoms with E-state index in [4.69, 9.17) is 0 Å². The van der Waals surface area contributed by atoms with Crippen molar-refractivity contribution in [2.24, 2.45) is 0 Å². The van der Waals surface area contributed by atoms with Gasteiger partial charge < -0.3 is 4.57 Å². The van der Waals surface area contributed by atoms with Crippen LogP contribution in [0.5, 0.6) is 0 Å². The van der Waals surface area contributed by atoms with Crippen molar-refractivity contribution in [2.45, 2.75) is 20.4 Å². The highest BCUT2D eigenvalue weighted by Gasteiger charge is 2.14. The summed E-state index contributed by atoms with van der Waals surface area (Å²) in [7, 11) is 0. The van der Waals surface area contributed by atoms with Gasteiger partial charge in [0, 0.05) is 11.8 Å². The zero-order chi connectivity index (χ0) is 16.0. The zero-order valence-corrected chi connectivity index (χ0v) is 13.2. The molecule has 0 aliphatic heterocycles. The highest BCUT2D eigenvalue weighted by Crippen LogP contribution is 2.21. The SMILES string of the molecule is Cc1cc(=O)n2c3ccccc3n(Cc3ccccc3C)c2n1. The second kappa shape index (κ2) is 5.09. The summed E-state index contributed by atoms with van der Waals surface area (Å²) in [5.41, 5.74) is 5.08. The van der Waals surface area contributed by atoms with Gasteiger partial charge in [-0.15, -0.1) is 0 Å². The Hall–Kier alpha value is -2.88. The van der Waals surface area contributed by atoms with E-state index in [0.717, 1.165) is 16.7 Å². The van der Waals surface area contributed by atoms with Crippen LogP contribution in [-0.2, 0) is 6.54 Å². The molecule has 4 rings (SSSR count). The number of para-hydroxylation sites is 2. The van der Waals surface area contributed by atoms with Crippen LogP contribution >= 0.6 is 0 Å². The number of nitrogens with zero attached hydrogens (tertiary/aromatic N) is 3. The Labute approximate surface area is 133 Å². The lowest BCUT2D eigenvalue weighted by Gasteiger charge is -2.09. The largest absolute Gasteiger partial charge is 0.305 e. The second-order valence-electron chi connectivity index (χ2n) is 5.87. The molecule has 0 N–H and O–H groups in total. The topological polar surface area (TPSA) is 39.3 Å². The summed E-state index contributed by atoms with van der Waals surface area (Å²) in [6, 6.07) is 17.8. The molecule has 4 aromatic rings. The van der Waals surface area contributed by atoms with Crippen molar-refractivity contribution in [1.82, 2.24) is 14.0 Å². The lowest BCUT2D eigenvalue weighted by atomic mass is 10.1. The number of benzene rings is 2. The number of aryl methyl sites for hydroxylation is 2. The van der Waals surface area contributed by atoms with Crippen molar-refractivity contribution in [1.29, 1.82) is 0 Å². The summed E-state index contributed by atoms with van der Waals surface area (Å²) in [6.07, 6.45) is 0. The number of rotatable bonds is 2. The van der Waals surface area contributed by atoms with Gasteiger partial charge in [-0.25, -0.2) is 9.38 Å². The molecular formula is C19H17N3O. The van der Waals surface area contributed by atoms with Gasteiger partial charge in [0.25, 0.3) is 5.56 Å². The fourth-order valence-electron chi connectivity index (χ4n) is 3.09. The molecule has 0 aliphatic carbocycles. The van der Waals surface area contributed by atoms with Crippen molar-refractivity contribution >= 4 is 16.8 Å². The van der Waals surface area contributed by atoms with E-state index < -0.39 is 0 Å². The Bertz CT molecular complexity index is 1090. The number of hydrogen-bond acceptors (Lipinski definition) is 2. The van der Waals surface area contributed by atoms with Gasteiger partial charge in [0.1, 0.15) is 0 Å². The summed E-state index contributed by atoms with van der Waals surface area (Å²) < 4.78 is 3.81. The molecule has 114 valence electrons. The highest BCUT2D eigenvalue weighted by atomic mass is 16.1. The van der Waals surface area contributed by atoms with E-state index in [9.17, 15) is 4.79 Å². The average Bonchev–Trinajstić information content (AvgIpc) is 2.84. The zero-order valence-electron chi connectivity index (χ0n) is 13.2. The molecule has 0 saturated carbocycles. The Balaban J connectivity index is 2.08. The molecule has 0 atom stereocenters. The van der Waals surface area contributed by atoms with Gasteiger partial charge in [-0.05, 0) is 37.1 Å². The highest BCUT2D eigenvalue weighted by molar-refractivity contribution is 5.80. The van der Waals surface area contributed by atoms with Gasteiger partial charge in [-0.2, -0.15) is 0 Å². The monoisotopic (exact) mass is 303 g/mol. The number of fused-ring (bicyclic) bond motifs is 3. The fraction of sp³-hybridized carbons (Fsp3) is 0.158. The first-order valence-corrected chi connectivity index (χ1v) is 7.67. The number of imidazole rings is 1. The number of hydrogen-bond donors (Lipinski definition) is 0. The van der Waals surface area contributed by atoms with Crippen molar-refractivity contribution < 1.29 is 0 Å². The van der Waals surface area contributed by atoms with Crippen LogP contribution in [0.1, 0.15) is 16.8 Å². The molecule has 0 radical (unpaired) electrons. The van der Waals surface area contributed by atoms with E-state index in [0.29, 0.717) is 12.3 Å². The van der Waals surface area contributed by atoms with Gasteiger partial charge in [0.15, 0.2) is 0 Å². The third-order valence-electron chi connectivity index (χ3n) is 4.27. The molecule has 2 heterocycles. The molecular weight excluding hydrogens is 286 g/mol. The van der Waals surface area contributed by atoms with E-state index in [2.05, 4.69) is 28.6 Å². The third kappa shape index (κ3) is 2.14. The van der Waals surface area contributed by atoms with Crippen LogP contribution < -0.4 is 5.56 Å². The van der Waals surface area contributed by atoms with E-state index >= 15 is 0 Å². The molecule has 0 bridgehead atoms. The fourth-order valence-corrected chi connectivity index (χ4v) is 3.09. The minimum atomic E-state index is -0.0350. The lowest BCUT2D eigenvalue weighted by molar-refractivity contribution is 0.823. The van der Waals surface area contributed by atoms with Gasteiger partial charge in [0.05, 0.1) is 17.6 Å². The second-order valence-corrected chi connectivity index (χ2v) is 5.87.